The van der Waals surface area contributed by atoms with Gasteiger partial charge in [-0.15, -0.1) is 0 Å². The van der Waals surface area contributed by atoms with E-state index < -0.39 is 11.9 Å². The Labute approximate surface area is 187 Å². The monoisotopic (exact) mass is 447 g/mol. The van der Waals surface area contributed by atoms with Crippen LogP contribution in [-0.2, 0) is 27.4 Å². The highest BCUT2D eigenvalue weighted by molar-refractivity contribution is 7.23. The number of benzene rings is 2. The smallest absolute Gasteiger partial charge is 0.311 e. The molecule has 1 saturated heterocycles. The summed E-state index contributed by atoms with van der Waals surface area (Å²) in [4.78, 5) is 44.4. The number of aromatic nitrogens is 2. The highest BCUT2D eigenvalue weighted by Crippen LogP contribution is 2.27. The first-order valence-electron chi connectivity index (χ1n) is 10.5. The molecule has 4 aromatic rings. The summed E-state index contributed by atoms with van der Waals surface area (Å²) in [5, 5.41) is 0. The van der Waals surface area contributed by atoms with Crippen LogP contribution < -0.4 is 10.5 Å². The molecule has 2 aromatic carbocycles. The normalized spacial score (nSPS) is 16.2. The van der Waals surface area contributed by atoms with Crippen molar-refractivity contribution in [2.45, 2.75) is 26.4 Å². The summed E-state index contributed by atoms with van der Waals surface area (Å²) in [5.41, 5.74) is 2.97. The number of hydrogen-bond acceptors (Lipinski definition) is 6. The summed E-state index contributed by atoms with van der Waals surface area (Å²) in [6.45, 7) is 2.26. The zero-order valence-electron chi connectivity index (χ0n) is 17.5. The van der Waals surface area contributed by atoms with Crippen molar-refractivity contribution in [1.82, 2.24) is 9.38 Å². The van der Waals surface area contributed by atoms with Crippen LogP contribution in [0.1, 0.15) is 24.6 Å². The van der Waals surface area contributed by atoms with Gasteiger partial charge in [0.15, 0.2) is 4.96 Å². The van der Waals surface area contributed by atoms with Crippen molar-refractivity contribution in [3.63, 3.8) is 0 Å². The van der Waals surface area contributed by atoms with Gasteiger partial charge in [0.25, 0.3) is 5.56 Å². The van der Waals surface area contributed by atoms with Gasteiger partial charge in [-0.05, 0) is 36.2 Å². The Kier molecular flexibility index (Phi) is 5.22. The number of thiazole rings is 1. The van der Waals surface area contributed by atoms with Gasteiger partial charge < -0.3 is 9.64 Å². The number of ether oxygens (including phenoxy) is 1. The van der Waals surface area contributed by atoms with Gasteiger partial charge in [-0.1, -0.05) is 42.5 Å². The van der Waals surface area contributed by atoms with Gasteiger partial charge in [0.1, 0.15) is 6.61 Å². The van der Waals surface area contributed by atoms with Crippen LogP contribution in [-0.4, -0.2) is 27.8 Å². The molecule has 3 heterocycles. The van der Waals surface area contributed by atoms with E-state index in [1.807, 2.05) is 48.5 Å². The molecule has 1 amide bonds. The average molecular weight is 448 g/mol. The zero-order valence-corrected chi connectivity index (χ0v) is 18.3. The van der Waals surface area contributed by atoms with Crippen molar-refractivity contribution in [1.29, 1.82) is 0 Å². The van der Waals surface area contributed by atoms with Gasteiger partial charge in [0, 0.05) is 24.7 Å². The maximum absolute atomic E-state index is 12.6. The van der Waals surface area contributed by atoms with Crippen molar-refractivity contribution in [2.24, 2.45) is 5.92 Å². The third kappa shape index (κ3) is 3.67. The molecular weight excluding hydrogens is 426 g/mol. The lowest BCUT2D eigenvalue weighted by atomic mass is 10.1. The molecule has 0 spiro atoms. The first-order chi connectivity index (χ1) is 15.5. The predicted molar refractivity (Wildman–Crippen MR) is 123 cm³/mol. The molecule has 0 saturated carbocycles. The fraction of sp³-hybridized carbons (Fsp3) is 0.250. The van der Waals surface area contributed by atoms with Gasteiger partial charge in [-0.3, -0.25) is 18.8 Å². The van der Waals surface area contributed by atoms with E-state index in [4.69, 9.17) is 4.74 Å². The molecule has 1 fully saturated rings. The Balaban J connectivity index is 1.28. The Bertz CT molecular complexity index is 1390. The summed E-state index contributed by atoms with van der Waals surface area (Å²) in [6.07, 6.45) is 1.04. The second kappa shape index (κ2) is 8.20. The number of anilines is 1. The van der Waals surface area contributed by atoms with Crippen LogP contribution in [0.5, 0.6) is 0 Å². The van der Waals surface area contributed by atoms with Crippen LogP contribution in [0.3, 0.4) is 0 Å². The highest BCUT2D eigenvalue weighted by Gasteiger charge is 2.36. The minimum Gasteiger partial charge on any atom is -0.459 e. The third-order valence-electron chi connectivity index (χ3n) is 5.73. The van der Waals surface area contributed by atoms with E-state index in [9.17, 15) is 14.4 Å². The highest BCUT2D eigenvalue weighted by atomic mass is 32.1. The van der Waals surface area contributed by atoms with Crippen molar-refractivity contribution in [3.8, 4) is 0 Å². The van der Waals surface area contributed by atoms with E-state index in [-0.39, 0.29) is 31.0 Å². The summed E-state index contributed by atoms with van der Waals surface area (Å²) >= 11 is 1.41. The number of amides is 1. The second-order valence-electron chi connectivity index (χ2n) is 7.81. The minimum absolute atomic E-state index is 0.0979. The molecule has 0 N–H and O–H groups in total. The number of hydrogen-bond donors (Lipinski definition) is 0. The first kappa shape index (κ1) is 20.4. The minimum atomic E-state index is -0.539. The summed E-state index contributed by atoms with van der Waals surface area (Å²) < 4.78 is 7.95. The molecule has 7 nitrogen and oxygen atoms in total. The van der Waals surface area contributed by atoms with Gasteiger partial charge in [0.2, 0.25) is 5.91 Å². The molecule has 2 aromatic heterocycles. The first-order valence-corrected chi connectivity index (χ1v) is 11.3. The van der Waals surface area contributed by atoms with Crippen LogP contribution in [0.4, 0.5) is 5.69 Å². The molecule has 1 aliphatic rings. The van der Waals surface area contributed by atoms with Crippen LogP contribution in [0.15, 0.2) is 59.4 Å². The van der Waals surface area contributed by atoms with Crippen LogP contribution in [0.25, 0.3) is 15.2 Å². The molecule has 1 atom stereocenters. The Morgan fingerprint density at radius 3 is 2.72 bits per heavy atom. The number of carbonyl (C=O) groups is 2. The van der Waals surface area contributed by atoms with E-state index in [1.165, 1.54) is 23.0 Å². The molecule has 162 valence electrons. The van der Waals surface area contributed by atoms with E-state index in [1.54, 1.807) is 9.30 Å². The van der Waals surface area contributed by atoms with Crippen molar-refractivity contribution in [3.05, 3.63) is 76.2 Å². The SMILES string of the molecule is CCc1ccc(N2C[C@@H](C(=O)OCc3cc(=O)n4c(n3)sc3ccccc34)CC2=O)cc1. The van der Waals surface area contributed by atoms with E-state index in [0.717, 1.165) is 22.3 Å². The molecule has 8 heteroatoms. The van der Waals surface area contributed by atoms with Gasteiger partial charge in [-0.2, -0.15) is 0 Å². The van der Waals surface area contributed by atoms with E-state index in [2.05, 4.69) is 11.9 Å². The standard InChI is InChI=1S/C24H21N3O4S/c1-2-15-7-9-18(10-8-15)26-13-16(11-21(26)28)23(30)31-14-17-12-22(29)27-19-5-3-4-6-20(19)32-24(27)25-17/h3-10,12,16H,2,11,13-14H2,1H3/t16-/m0/s1. The van der Waals surface area contributed by atoms with Gasteiger partial charge in [0.05, 0.1) is 21.8 Å². The quantitative estimate of drug-likeness (QED) is 0.437. The number of rotatable bonds is 5. The van der Waals surface area contributed by atoms with Crippen molar-refractivity contribution >= 4 is 44.1 Å². The molecule has 1 aliphatic heterocycles. The topological polar surface area (TPSA) is 81.0 Å². The number of para-hydroxylation sites is 1. The number of nitrogens with zero attached hydrogens (tertiary/aromatic N) is 3. The molecule has 0 unspecified atom stereocenters. The van der Waals surface area contributed by atoms with Gasteiger partial charge in [-0.25, -0.2) is 4.98 Å². The maximum atomic E-state index is 12.6. The molecule has 0 radical (unpaired) electrons. The summed E-state index contributed by atoms with van der Waals surface area (Å²) in [6, 6.07) is 16.8. The van der Waals surface area contributed by atoms with E-state index in [0.29, 0.717) is 10.7 Å². The summed E-state index contributed by atoms with van der Waals surface area (Å²) in [7, 11) is 0. The molecule has 5 rings (SSSR count). The third-order valence-corrected chi connectivity index (χ3v) is 6.75. The largest absolute Gasteiger partial charge is 0.459 e. The van der Waals surface area contributed by atoms with Crippen LogP contribution in [0, 0.1) is 5.92 Å². The van der Waals surface area contributed by atoms with Crippen molar-refractivity contribution < 1.29 is 14.3 Å². The van der Waals surface area contributed by atoms with Crippen LogP contribution >= 0.6 is 11.3 Å². The molecule has 32 heavy (non-hydrogen) atoms. The second-order valence-corrected chi connectivity index (χ2v) is 8.82. The predicted octanol–water partition coefficient (Wildman–Crippen LogP) is 3.57. The van der Waals surface area contributed by atoms with Gasteiger partial charge >= 0.3 is 5.97 Å². The number of carbonyl (C=O) groups excluding carboxylic acids is 2. The number of aryl methyl sites for hydroxylation is 1. The number of esters is 1. The lowest BCUT2D eigenvalue weighted by Crippen LogP contribution is -2.26. The Morgan fingerprint density at radius 2 is 1.94 bits per heavy atom. The molecule has 0 aliphatic carbocycles. The maximum Gasteiger partial charge on any atom is 0.311 e. The average Bonchev–Trinajstić information content (AvgIpc) is 3.38. The zero-order chi connectivity index (χ0) is 22.2. The lowest BCUT2D eigenvalue weighted by molar-refractivity contribution is -0.149. The fourth-order valence-corrected chi connectivity index (χ4v) is 5.04. The molecule has 0 bridgehead atoms. The lowest BCUT2D eigenvalue weighted by Gasteiger charge is -2.17. The number of fused-ring (bicyclic) bond motifs is 3. The molecular formula is C24H21N3O4S. The summed E-state index contributed by atoms with van der Waals surface area (Å²) in [5.74, 6) is -1.09. The fourth-order valence-electron chi connectivity index (χ4n) is 3.99. The Hall–Kier alpha value is -3.52. The Morgan fingerprint density at radius 1 is 1.16 bits per heavy atom. The van der Waals surface area contributed by atoms with Crippen molar-refractivity contribution in [2.75, 3.05) is 11.4 Å². The van der Waals surface area contributed by atoms with Crippen LogP contribution in [0.2, 0.25) is 0 Å². The van der Waals surface area contributed by atoms with E-state index >= 15 is 0 Å².